The number of furan rings is 1. The van der Waals surface area contributed by atoms with Crippen molar-refractivity contribution in [3.63, 3.8) is 0 Å². The molecule has 0 aliphatic carbocycles. The maximum atomic E-state index is 6.70. The zero-order chi connectivity index (χ0) is 46.3. The zero-order valence-corrected chi connectivity index (χ0v) is 40.7. The lowest BCUT2D eigenvalue weighted by atomic mass is 9.93. The van der Waals surface area contributed by atoms with Crippen LogP contribution in [-0.2, 0) is 0 Å². The minimum atomic E-state index is 0.600. The lowest BCUT2D eigenvalue weighted by molar-refractivity contribution is 0.669. The average Bonchev–Trinajstić information content (AvgIpc) is 4.25. The number of nitrogens with zero attached hydrogens (tertiary/aromatic N) is 3. The SMILES string of the molecule is c1cc(-c2nc(-c3ccc4c(c3)sc3ccccc34)nc(-c3ccc4c(c3)sc3ccccc34)n2)c2c(c1)oc1ccc(-c3cccc4sc5cccc(-c6ccc7c(c6)sc6ccccc67)c5c34)cc12. The van der Waals surface area contributed by atoms with Gasteiger partial charge in [-0.05, 0) is 89.0 Å². The molecule has 8 heteroatoms. The second-order valence-electron chi connectivity index (χ2n) is 18.2. The van der Waals surface area contributed by atoms with Gasteiger partial charge in [0.25, 0.3) is 0 Å². The minimum absolute atomic E-state index is 0.600. The Kier molecular flexibility index (Phi) is 8.50. The first-order valence-electron chi connectivity index (χ1n) is 23.5. The molecule has 0 aliphatic rings. The van der Waals surface area contributed by atoms with Crippen molar-refractivity contribution in [2.45, 2.75) is 0 Å². The number of thiophene rings is 4. The molecule has 10 aromatic carbocycles. The van der Waals surface area contributed by atoms with Gasteiger partial charge in [-0.25, -0.2) is 15.0 Å². The van der Waals surface area contributed by atoms with Crippen molar-refractivity contribution in [3.8, 4) is 56.4 Å². The maximum absolute atomic E-state index is 6.70. The van der Waals surface area contributed by atoms with Gasteiger partial charge in [0.2, 0.25) is 0 Å². The molecular formula is C63H33N3OS4. The molecule has 0 aliphatic heterocycles. The summed E-state index contributed by atoms with van der Waals surface area (Å²) in [5, 5.41) is 12.2. The van der Waals surface area contributed by atoms with Gasteiger partial charge in [-0.15, -0.1) is 45.3 Å². The normalized spacial score (nSPS) is 12.2. The van der Waals surface area contributed by atoms with E-state index in [9.17, 15) is 0 Å². The average molecular weight is 976 g/mol. The Hall–Kier alpha value is -8.11. The van der Waals surface area contributed by atoms with Gasteiger partial charge in [0.05, 0.1) is 0 Å². The molecule has 6 aromatic heterocycles. The van der Waals surface area contributed by atoms with E-state index in [0.29, 0.717) is 17.5 Å². The highest BCUT2D eigenvalue weighted by Crippen LogP contribution is 2.47. The Morgan fingerprint density at radius 3 is 1.23 bits per heavy atom. The fraction of sp³-hybridized carbons (Fsp3) is 0. The van der Waals surface area contributed by atoms with Crippen molar-refractivity contribution >= 4 is 148 Å². The van der Waals surface area contributed by atoms with Crippen molar-refractivity contribution in [1.82, 2.24) is 15.0 Å². The van der Waals surface area contributed by atoms with E-state index in [1.807, 2.05) is 28.7 Å². The molecule has 0 saturated carbocycles. The van der Waals surface area contributed by atoms with E-state index >= 15 is 0 Å². The Balaban J connectivity index is 0.886. The van der Waals surface area contributed by atoms with E-state index in [0.717, 1.165) is 44.2 Å². The smallest absolute Gasteiger partial charge is 0.164 e. The van der Waals surface area contributed by atoms with Crippen LogP contribution in [0.5, 0.6) is 0 Å². The van der Waals surface area contributed by atoms with Gasteiger partial charge < -0.3 is 4.42 Å². The van der Waals surface area contributed by atoms with Crippen molar-refractivity contribution in [2.24, 2.45) is 0 Å². The number of rotatable bonds is 5. The van der Waals surface area contributed by atoms with Crippen LogP contribution in [0, 0.1) is 0 Å². The zero-order valence-electron chi connectivity index (χ0n) is 37.4. The summed E-state index contributed by atoms with van der Waals surface area (Å²) in [5.41, 5.74) is 9.19. The van der Waals surface area contributed by atoms with Crippen LogP contribution in [0.4, 0.5) is 0 Å². The van der Waals surface area contributed by atoms with Crippen molar-refractivity contribution < 1.29 is 4.42 Å². The van der Waals surface area contributed by atoms with Gasteiger partial charge >= 0.3 is 0 Å². The molecule has 16 aromatic rings. The number of aromatic nitrogens is 3. The molecule has 0 spiro atoms. The highest BCUT2D eigenvalue weighted by Gasteiger charge is 2.22. The highest BCUT2D eigenvalue weighted by atomic mass is 32.1. The molecule has 0 radical (unpaired) electrons. The van der Waals surface area contributed by atoms with E-state index < -0.39 is 0 Å². The largest absolute Gasteiger partial charge is 0.456 e. The Morgan fingerprint density at radius 1 is 0.254 bits per heavy atom. The summed E-state index contributed by atoms with van der Waals surface area (Å²) in [6.07, 6.45) is 0. The van der Waals surface area contributed by atoms with E-state index in [4.69, 9.17) is 19.4 Å². The second kappa shape index (κ2) is 15.2. The number of benzene rings is 10. The molecule has 0 bridgehead atoms. The molecule has 0 atom stereocenters. The topological polar surface area (TPSA) is 51.8 Å². The van der Waals surface area contributed by atoms with Crippen LogP contribution in [0.15, 0.2) is 205 Å². The van der Waals surface area contributed by atoms with Crippen LogP contribution in [0.3, 0.4) is 0 Å². The van der Waals surface area contributed by atoms with E-state index in [1.165, 1.54) is 97.4 Å². The van der Waals surface area contributed by atoms with Gasteiger partial charge in [-0.2, -0.15) is 0 Å². The van der Waals surface area contributed by atoms with Crippen molar-refractivity contribution in [2.75, 3.05) is 0 Å². The van der Waals surface area contributed by atoms with Crippen LogP contribution in [0.1, 0.15) is 0 Å². The molecular weight excluding hydrogens is 943 g/mol. The minimum Gasteiger partial charge on any atom is -0.456 e. The summed E-state index contributed by atoms with van der Waals surface area (Å²) in [6, 6.07) is 72.5. The van der Waals surface area contributed by atoms with Gasteiger partial charge in [0.15, 0.2) is 17.5 Å². The lowest BCUT2D eigenvalue weighted by Gasteiger charge is -2.10. The van der Waals surface area contributed by atoms with Crippen LogP contribution in [0.25, 0.3) is 159 Å². The van der Waals surface area contributed by atoms with Gasteiger partial charge in [-0.1, -0.05) is 133 Å². The molecule has 0 fully saturated rings. The molecule has 6 heterocycles. The first-order valence-corrected chi connectivity index (χ1v) is 26.8. The van der Waals surface area contributed by atoms with Crippen molar-refractivity contribution in [1.29, 1.82) is 0 Å². The van der Waals surface area contributed by atoms with Crippen LogP contribution < -0.4 is 0 Å². The molecule has 0 amide bonds. The van der Waals surface area contributed by atoms with E-state index in [2.05, 4.69) is 194 Å². The standard InChI is InChI=1S/C63H33N3OS4/c1-4-17-50-40(10-1)43-26-22-35(31-55(43)68-50)39-14-9-21-54-60(39)59-38(13-8-20-53(59)71-54)34-25-29-48-47(30-34)58-46(15-7-16-49(58)67-48)63-65-61(36-23-27-44-41-11-2-5-18-51(41)69-56(44)32-36)64-62(66-63)37-24-28-45-42-12-3-6-19-52(42)70-57(45)33-37/h1-33H. The number of fused-ring (bicyclic) bond motifs is 15. The third-order valence-corrected chi connectivity index (χ3v) is 18.7. The second-order valence-corrected chi connectivity index (χ2v) is 22.5. The third kappa shape index (κ3) is 6.09. The molecule has 0 saturated heterocycles. The summed E-state index contributed by atoms with van der Waals surface area (Å²) in [6.45, 7) is 0. The first-order chi connectivity index (χ1) is 35.1. The van der Waals surface area contributed by atoms with Crippen molar-refractivity contribution in [3.05, 3.63) is 200 Å². The summed E-state index contributed by atoms with van der Waals surface area (Å²) < 4.78 is 16.8. The Bertz CT molecular complexity index is 4780. The summed E-state index contributed by atoms with van der Waals surface area (Å²) in [4.78, 5) is 16.0. The van der Waals surface area contributed by atoms with Crippen LogP contribution >= 0.6 is 45.3 Å². The lowest BCUT2D eigenvalue weighted by Crippen LogP contribution is -2.00. The van der Waals surface area contributed by atoms with Crippen LogP contribution in [0.2, 0.25) is 0 Å². The van der Waals surface area contributed by atoms with Crippen LogP contribution in [-0.4, -0.2) is 15.0 Å². The number of hydrogen-bond donors (Lipinski definition) is 0. The van der Waals surface area contributed by atoms with Gasteiger partial charge in [0.1, 0.15) is 11.2 Å². The van der Waals surface area contributed by atoms with E-state index in [-0.39, 0.29) is 0 Å². The fourth-order valence-corrected chi connectivity index (χ4v) is 15.5. The third-order valence-electron chi connectivity index (χ3n) is 14.2. The fourth-order valence-electron chi connectivity index (χ4n) is 10.9. The monoisotopic (exact) mass is 975 g/mol. The molecule has 330 valence electrons. The van der Waals surface area contributed by atoms with E-state index in [1.54, 1.807) is 22.7 Å². The number of hydrogen-bond acceptors (Lipinski definition) is 8. The first kappa shape index (κ1) is 39.7. The summed E-state index contributed by atoms with van der Waals surface area (Å²) in [5.74, 6) is 1.86. The Labute approximate surface area is 421 Å². The van der Waals surface area contributed by atoms with Gasteiger partial charge in [-0.3, -0.25) is 0 Å². The predicted molar refractivity (Wildman–Crippen MR) is 306 cm³/mol. The molecule has 4 nitrogen and oxygen atoms in total. The molecule has 16 rings (SSSR count). The highest BCUT2D eigenvalue weighted by molar-refractivity contribution is 7.27. The maximum Gasteiger partial charge on any atom is 0.164 e. The predicted octanol–water partition coefficient (Wildman–Crippen LogP) is 19.6. The molecule has 71 heavy (non-hydrogen) atoms. The Morgan fingerprint density at radius 2 is 0.662 bits per heavy atom. The molecule has 0 unspecified atom stereocenters. The quantitative estimate of drug-likeness (QED) is 0.172. The summed E-state index contributed by atoms with van der Waals surface area (Å²) in [7, 11) is 0. The molecule has 0 N–H and O–H groups in total. The summed E-state index contributed by atoms with van der Waals surface area (Å²) >= 11 is 7.32. The van der Waals surface area contributed by atoms with Gasteiger partial charge in [0, 0.05) is 108 Å².